The molecule has 0 spiro atoms. The zero-order valence-corrected chi connectivity index (χ0v) is 12.5. The third-order valence-corrected chi connectivity index (χ3v) is 5.18. The van der Waals surface area contributed by atoms with Crippen molar-refractivity contribution in [3.63, 3.8) is 0 Å². The Morgan fingerprint density at radius 3 is 2.58 bits per heavy atom. The van der Waals surface area contributed by atoms with Crippen LogP contribution in [0.5, 0.6) is 0 Å². The molecule has 0 saturated heterocycles. The Morgan fingerprint density at radius 1 is 1.26 bits per heavy atom. The molecule has 19 heavy (non-hydrogen) atoms. The molecule has 0 aliphatic heterocycles. The first-order valence-corrected chi connectivity index (χ1v) is 8.45. The zero-order chi connectivity index (χ0) is 13.5. The zero-order valence-electron chi connectivity index (χ0n) is 11.7. The highest BCUT2D eigenvalue weighted by Gasteiger charge is 2.18. The molecule has 1 unspecified atom stereocenters. The van der Waals surface area contributed by atoms with E-state index < -0.39 is 0 Å². The van der Waals surface area contributed by atoms with E-state index in [1.165, 1.54) is 31.2 Å². The number of hydrogen-bond acceptors (Lipinski definition) is 2. The van der Waals surface area contributed by atoms with Gasteiger partial charge in [-0.05, 0) is 43.5 Å². The molecule has 1 aromatic rings. The van der Waals surface area contributed by atoms with Gasteiger partial charge in [-0.15, -0.1) is 0 Å². The van der Waals surface area contributed by atoms with Crippen molar-refractivity contribution in [1.29, 1.82) is 0 Å². The summed E-state index contributed by atoms with van der Waals surface area (Å²) in [5.41, 5.74) is 1.21. The minimum absolute atomic E-state index is 0.151. The first kappa shape index (κ1) is 14.9. The second-order valence-corrected chi connectivity index (χ2v) is 6.63. The SMILES string of the molecule is CCCNC(CSC1CCCC1)c1ccc(F)cc1. The van der Waals surface area contributed by atoms with E-state index in [1.54, 1.807) is 12.1 Å². The Labute approximate surface area is 120 Å². The quantitative estimate of drug-likeness (QED) is 0.787. The van der Waals surface area contributed by atoms with Crippen molar-refractivity contribution in [3.8, 4) is 0 Å². The maximum atomic E-state index is 13.0. The Kier molecular flexibility index (Phi) is 6.18. The lowest BCUT2D eigenvalue weighted by atomic mass is 10.1. The molecule has 1 N–H and O–H groups in total. The average molecular weight is 281 g/mol. The highest BCUT2D eigenvalue weighted by Crippen LogP contribution is 2.32. The smallest absolute Gasteiger partial charge is 0.123 e. The summed E-state index contributed by atoms with van der Waals surface area (Å²) in [6.07, 6.45) is 6.65. The van der Waals surface area contributed by atoms with Crippen molar-refractivity contribution < 1.29 is 4.39 Å². The maximum Gasteiger partial charge on any atom is 0.123 e. The van der Waals surface area contributed by atoms with E-state index in [9.17, 15) is 4.39 Å². The summed E-state index contributed by atoms with van der Waals surface area (Å²) in [7, 11) is 0. The van der Waals surface area contributed by atoms with Gasteiger partial charge in [-0.2, -0.15) is 11.8 Å². The van der Waals surface area contributed by atoms with E-state index in [2.05, 4.69) is 24.0 Å². The van der Waals surface area contributed by atoms with Crippen molar-refractivity contribution in [1.82, 2.24) is 5.32 Å². The number of nitrogens with one attached hydrogen (secondary N) is 1. The minimum atomic E-state index is -0.151. The summed E-state index contributed by atoms with van der Waals surface area (Å²) in [5, 5.41) is 4.43. The van der Waals surface area contributed by atoms with E-state index in [0.717, 1.165) is 24.0 Å². The van der Waals surface area contributed by atoms with Gasteiger partial charge in [0.1, 0.15) is 5.82 Å². The van der Waals surface area contributed by atoms with Gasteiger partial charge in [-0.25, -0.2) is 4.39 Å². The van der Waals surface area contributed by atoms with Gasteiger partial charge in [0.05, 0.1) is 0 Å². The number of rotatable bonds is 7. The van der Waals surface area contributed by atoms with Crippen LogP contribution in [-0.2, 0) is 0 Å². The number of benzene rings is 1. The van der Waals surface area contributed by atoms with Crippen LogP contribution in [0.3, 0.4) is 0 Å². The largest absolute Gasteiger partial charge is 0.309 e. The molecular formula is C16H24FNS. The predicted molar refractivity (Wildman–Crippen MR) is 82.1 cm³/mol. The molecular weight excluding hydrogens is 257 g/mol. The molecule has 106 valence electrons. The van der Waals surface area contributed by atoms with Gasteiger partial charge in [-0.3, -0.25) is 0 Å². The summed E-state index contributed by atoms with van der Waals surface area (Å²) in [6.45, 7) is 3.20. The van der Waals surface area contributed by atoms with E-state index in [4.69, 9.17) is 0 Å². The second kappa shape index (κ2) is 7.91. The summed E-state index contributed by atoms with van der Waals surface area (Å²) < 4.78 is 13.0. The van der Waals surface area contributed by atoms with Crippen LogP contribution in [0.2, 0.25) is 0 Å². The van der Waals surface area contributed by atoms with Gasteiger partial charge in [0, 0.05) is 17.0 Å². The molecule has 3 heteroatoms. The number of thioether (sulfide) groups is 1. The number of hydrogen-bond donors (Lipinski definition) is 1. The van der Waals surface area contributed by atoms with Gasteiger partial charge in [0.2, 0.25) is 0 Å². The Hall–Kier alpha value is -0.540. The average Bonchev–Trinajstić information content (AvgIpc) is 2.93. The molecule has 0 aromatic heterocycles. The highest BCUT2D eigenvalue weighted by atomic mass is 32.2. The normalized spacial score (nSPS) is 17.8. The van der Waals surface area contributed by atoms with Crippen LogP contribution in [0.1, 0.15) is 50.6 Å². The van der Waals surface area contributed by atoms with Crippen molar-refractivity contribution in [2.75, 3.05) is 12.3 Å². The van der Waals surface area contributed by atoms with Gasteiger partial charge >= 0.3 is 0 Å². The van der Waals surface area contributed by atoms with Gasteiger partial charge in [0.15, 0.2) is 0 Å². The second-order valence-electron chi connectivity index (χ2n) is 5.30. The van der Waals surface area contributed by atoms with Crippen LogP contribution >= 0.6 is 11.8 Å². The van der Waals surface area contributed by atoms with Crippen molar-refractivity contribution in [3.05, 3.63) is 35.6 Å². The van der Waals surface area contributed by atoms with Crippen LogP contribution in [0.25, 0.3) is 0 Å². The molecule has 0 bridgehead atoms. The Balaban J connectivity index is 1.91. The molecule has 0 radical (unpaired) electrons. The molecule has 1 aliphatic rings. The third kappa shape index (κ3) is 4.81. The number of halogens is 1. The fourth-order valence-electron chi connectivity index (χ4n) is 2.57. The van der Waals surface area contributed by atoms with E-state index in [0.29, 0.717) is 6.04 Å². The van der Waals surface area contributed by atoms with Gasteiger partial charge < -0.3 is 5.32 Å². The van der Waals surface area contributed by atoms with E-state index >= 15 is 0 Å². The maximum absolute atomic E-state index is 13.0. The first-order chi connectivity index (χ1) is 9.29. The summed E-state index contributed by atoms with van der Waals surface area (Å²) in [6, 6.07) is 7.31. The van der Waals surface area contributed by atoms with Gasteiger partial charge in [-0.1, -0.05) is 31.9 Å². The summed E-state index contributed by atoms with van der Waals surface area (Å²) in [4.78, 5) is 0. The Morgan fingerprint density at radius 2 is 1.95 bits per heavy atom. The first-order valence-electron chi connectivity index (χ1n) is 7.40. The lowest BCUT2D eigenvalue weighted by Gasteiger charge is -2.20. The lowest BCUT2D eigenvalue weighted by Crippen LogP contribution is -2.24. The van der Waals surface area contributed by atoms with Crippen LogP contribution in [0, 0.1) is 5.82 Å². The fraction of sp³-hybridized carbons (Fsp3) is 0.625. The molecule has 2 rings (SSSR count). The summed E-state index contributed by atoms with van der Waals surface area (Å²) >= 11 is 2.09. The topological polar surface area (TPSA) is 12.0 Å². The molecule has 1 atom stereocenters. The van der Waals surface area contributed by atoms with Crippen molar-refractivity contribution >= 4 is 11.8 Å². The van der Waals surface area contributed by atoms with Gasteiger partial charge in [0.25, 0.3) is 0 Å². The highest BCUT2D eigenvalue weighted by molar-refractivity contribution is 7.99. The molecule has 1 aliphatic carbocycles. The molecule has 1 nitrogen and oxygen atoms in total. The molecule has 0 heterocycles. The predicted octanol–water partition coefficient (Wildman–Crippen LogP) is 4.54. The standard InChI is InChI=1S/C16H24FNS/c1-2-11-18-16(12-19-15-5-3-4-6-15)13-7-9-14(17)10-8-13/h7-10,15-16,18H,2-6,11-12H2,1H3. The fourth-order valence-corrected chi connectivity index (χ4v) is 4.02. The third-order valence-electron chi connectivity index (χ3n) is 3.71. The molecule has 1 saturated carbocycles. The van der Waals surface area contributed by atoms with Crippen molar-refractivity contribution in [2.24, 2.45) is 0 Å². The molecule has 1 fully saturated rings. The Bertz CT molecular complexity index is 360. The van der Waals surface area contributed by atoms with Crippen LogP contribution < -0.4 is 5.32 Å². The molecule has 1 aromatic carbocycles. The van der Waals surface area contributed by atoms with Crippen LogP contribution in [-0.4, -0.2) is 17.5 Å². The molecule has 0 amide bonds. The van der Waals surface area contributed by atoms with E-state index in [-0.39, 0.29) is 5.82 Å². The van der Waals surface area contributed by atoms with Crippen LogP contribution in [0.15, 0.2) is 24.3 Å². The van der Waals surface area contributed by atoms with Crippen molar-refractivity contribution in [2.45, 2.75) is 50.3 Å². The van der Waals surface area contributed by atoms with E-state index in [1.807, 2.05) is 12.1 Å². The minimum Gasteiger partial charge on any atom is -0.309 e. The summed E-state index contributed by atoms with van der Waals surface area (Å²) in [5.74, 6) is 0.942. The lowest BCUT2D eigenvalue weighted by molar-refractivity contribution is 0.573. The monoisotopic (exact) mass is 281 g/mol. The van der Waals surface area contributed by atoms with Crippen LogP contribution in [0.4, 0.5) is 4.39 Å².